The number of carbonyl (C=O) groups is 1. The Morgan fingerprint density at radius 3 is 2.08 bits per heavy atom. The molecule has 0 aliphatic carbocycles. The molecule has 0 saturated carbocycles. The molecule has 2 heterocycles. The lowest BCUT2D eigenvalue weighted by Crippen LogP contribution is -2.28. The molecule has 0 unspecified atom stereocenters. The van der Waals surface area contributed by atoms with E-state index in [0.29, 0.717) is 5.82 Å². The number of carboxylic acids is 1. The van der Waals surface area contributed by atoms with Gasteiger partial charge in [0.2, 0.25) is 0 Å². The van der Waals surface area contributed by atoms with Crippen LogP contribution in [0, 0.1) is 11.6 Å². The van der Waals surface area contributed by atoms with Crippen molar-refractivity contribution in [3.63, 3.8) is 0 Å². The summed E-state index contributed by atoms with van der Waals surface area (Å²) in [5.41, 5.74) is 6.28. The van der Waals surface area contributed by atoms with E-state index in [1.807, 2.05) is 18.3 Å². The second-order valence-corrected chi connectivity index (χ2v) is 9.14. The van der Waals surface area contributed by atoms with E-state index in [4.69, 9.17) is 15.2 Å². The van der Waals surface area contributed by atoms with Crippen molar-refractivity contribution in [3.05, 3.63) is 71.7 Å². The molecule has 40 heavy (non-hydrogen) atoms. The molecule has 12 heteroatoms. The molecular weight excluding hydrogens is 522 g/mol. The minimum Gasteiger partial charge on any atom is -0.494 e. The lowest BCUT2D eigenvalue weighted by molar-refractivity contribution is 0.0698. The fraction of sp³-hybridized carbons (Fsp3) is 0.286. The summed E-state index contributed by atoms with van der Waals surface area (Å²) in [5, 5.41) is 9.26. The summed E-state index contributed by atoms with van der Waals surface area (Å²) >= 11 is 0. The van der Waals surface area contributed by atoms with E-state index < -0.39 is 23.2 Å². The number of hydrogen-bond donors (Lipinski definition) is 2. The lowest BCUT2D eigenvalue weighted by Gasteiger charge is -2.19. The van der Waals surface area contributed by atoms with E-state index in [9.17, 15) is 18.7 Å². The highest BCUT2D eigenvalue weighted by atomic mass is 19.1. The molecule has 0 amide bonds. The number of nitrogen functional groups attached to an aromatic ring is 1. The SMILES string of the molecule is CN(C)CCN(C)Cc1ccc(N)nc1.COc1cc(OC)c(F)c(-c2ccc(C(=O)O)c3nccnc23)c1F. The highest BCUT2D eigenvalue weighted by Gasteiger charge is 2.25. The molecule has 0 fully saturated rings. The van der Waals surface area contributed by atoms with Gasteiger partial charge in [-0.1, -0.05) is 12.1 Å². The van der Waals surface area contributed by atoms with Crippen LogP contribution in [0.4, 0.5) is 14.6 Å². The third-order valence-corrected chi connectivity index (χ3v) is 5.93. The Labute approximate surface area is 231 Å². The second kappa shape index (κ2) is 13.6. The monoisotopic (exact) mass is 554 g/mol. The number of fused-ring (bicyclic) bond motifs is 1. The largest absolute Gasteiger partial charge is 0.494 e. The van der Waals surface area contributed by atoms with Crippen molar-refractivity contribution in [2.45, 2.75) is 6.54 Å². The Kier molecular flexibility index (Phi) is 10.2. The normalized spacial score (nSPS) is 10.9. The van der Waals surface area contributed by atoms with Crippen LogP contribution in [0.15, 0.2) is 48.9 Å². The maximum absolute atomic E-state index is 14.7. The summed E-state index contributed by atoms with van der Waals surface area (Å²) in [5.74, 6) is -2.97. The van der Waals surface area contributed by atoms with Gasteiger partial charge in [0.05, 0.1) is 30.9 Å². The predicted octanol–water partition coefficient (Wildman–Crippen LogP) is 3.95. The van der Waals surface area contributed by atoms with Crippen molar-refractivity contribution in [2.24, 2.45) is 0 Å². The van der Waals surface area contributed by atoms with Crippen LogP contribution in [-0.2, 0) is 6.54 Å². The van der Waals surface area contributed by atoms with Crippen molar-refractivity contribution in [3.8, 4) is 22.6 Å². The van der Waals surface area contributed by atoms with Crippen LogP contribution < -0.4 is 15.2 Å². The summed E-state index contributed by atoms with van der Waals surface area (Å²) in [4.78, 5) is 27.9. The van der Waals surface area contributed by atoms with Gasteiger partial charge in [-0.25, -0.2) is 18.6 Å². The molecule has 0 aliphatic heterocycles. The fourth-order valence-electron chi connectivity index (χ4n) is 3.84. The average Bonchev–Trinajstić information content (AvgIpc) is 2.93. The number of benzene rings is 2. The first-order valence-electron chi connectivity index (χ1n) is 12.2. The molecule has 4 aromatic rings. The zero-order valence-corrected chi connectivity index (χ0v) is 23.0. The van der Waals surface area contributed by atoms with E-state index in [1.165, 1.54) is 44.3 Å². The number of likely N-dealkylation sites (N-methyl/N-ethyl adjacent to an activating group) is 2. The molecule has 0 aliphatic rings. The topological polar surface area (TPSA) is 127 Å². The second-order valence-electron chi connectivity index (χ2n) is 9.14. The summed E-state index contributed by atoms with van der Waals surface area (Å²) < 4.78 is 39.3. The maximum Gasteiger partial charge on any atom is 0.337 e. The van der Waals surface area contributed by atoms with E-state index >= 15 is 0 Å². The molecule has 0 bridgehead atoms. The van der Waals surface area contributed by atoms with Gasteiger partial charge in [0.1, 0.15) is 11.3 Å². The predicted molar refractivity (Wildman–Crippen MR) is 148 cm³/mol. The zero-order valence-electron chi connectivity index (χ0n) is 23.0. The number of hydrogen-bond acceptors (Lipinski definition) is 9. The number of pyridine rings is 1. The first-order chi connectivity index (χ1) is 19.1. The van der Waals surface area contributed by atoms with Crippen LogP contribution in [0.5, 0.6) is 11.5 Å². The number of ether oxygens (including phenoxy) is 2. The molecule has 0 atom stereocenters. The summed E-state index contributed by atoms with van der Waals surface area (Å²) in [6.07, 6.45) is 4.45. The lowest BCUT2D eigenvalue weighted by atomic mass is 9.99. The van der Waals surface area contributed by atoms with Crippen molar-refractivity contribution in [1.82, 2.24) is 24.8 Å². The highest BCUT2D eigenvalue weighted by Crippen LogP contribution is 2.40. The zero-order chi connectivity index (χ0) is 29.4. The molecule has 0 saturated heterocycles. The van der Waals surface area contributed by atoms with Crippen molar-refractivity contribution in [2.75, 3.05) is 54.2 Å². The number of aromatic carboxylic acids is 1. The fourth-order valence-corrected chi connectivity index (χ4v) is 3.84. The number of rotatable bonds is 9. The van der Waals surface area contributed by atoms with E-state index in [0.717, 1.165) is 25.7 Å². The van der Waals surface area contributed by atoms with E-state index in [2.05, 4.69) is 45.9 Å². The van der Waals surface area contributed by atoms with Crippen molar-refractivity contribution < 1.29 is 28.2 Å². The molecule has 2 aromatic heterocycles. The molecule has 10 nitrogen and oxygen atoms in total. The maximum atomic E-state index is 14.7. The Morgan fingerprint density at radius 1 is 0.925 bits per heavy atom. The van der Waals surface area contributed by atoms with E-state index in [1.54, 1.807) is 0 Å². The molecule has 4 rings (SSSR count). The molecule has 0 spiro atoms. The van der Waals surface area contributed by atoms with Gasteiger partial charge in [0.25, 0.3) is 0 Å². The van der Waals surface area contributed by atoms with Crippen LogP contribution in [-0.4, -0.2) is 84.3 Å². The van der Waals surface area contributed by atoms with Gasteiger partial charge in [-0.3, -0.25) is 9.97 Å². The smallest absolute Gasteiger partial charge is 0.337 e. The molecule has 2 aromatic carbocycles. The van der Waals surface area contributed by atoms with Crippen LogP contribution in [0.1, 0.15) is 15.9 Å². The number of carboxylic acid groups (broad SMARTS) is 1. The Bertz CT molecular complexity index is 1440. The van der Waals surface area contributed by atoms with Gasteiger partial charge < -0.3 is 30.1 Å². The minimum atomic E-state index is -1.22. The third kappa shape index (κ3) is 7.16. The Morgan fingerprint density at radius 2 is 1.55 bits per heavy atom. The van der Waals surface area contributed by atoms with E-state index in [-0.39, 0.29) is 33.7 Å². The Hall–Kier alpha value is -4.42. The number of aromatic nitrogens is 3. The minimum absolute atomic E-state index is 0.0214. The highest BCUT2D eigenvalue weighted by molar-refractivity contribution is 6.05. The van der Waals surface area contributed by atoms with Gasteiger partial charge in [-0.05, 0) is 38.8 Å². The summed E-state index contributed by atoms with van der Waals surface area (Å²) in [7, 11) is 8.76. The number of anilines is 1. The van der Waals surface area contributed by atoms with Crippen LogP contribution in [0.2, 0.25) is 0 Å². The van der Waals surface area contributed by atoms with Gasteiger partial charge in [0.15, 0.2) is 23.1 Å². The van der Waals surface area contributed by atoms with Gasteiger partial charge in [-0.15, -0.1) is 0 Å². The average molecular weight is 555 g/mol. The number of nitrogens with zero attached hydrogens (tertiary/aromatic N) is 5. The standard InChI is InChI=1S/C17H12F2N2O4.C11H20N4/c1-24-10-7-11(25-2)14(19)12(13(10)18)8-3-4-9(17(22)23)16-15(8)20-5-6-21-16;1-14(2)6-7-15(3)9-10-4-5-11(12)13-8-10/h3-7H,1-2H3,(H,22,23);4-5,8H,6-7,9H2,1-3H3,(H2,12,13). The number of halogens is 2. The van der Waals surface area contributed by atoms with Crippen LogP contribution in [0.3, 0.4) is 0 Å². The number of methoxy groups -OCH3 is 2. The molecular formula is C28H32F2N6O4. The van der Waals surface area contributed by atoms with Crippen LogP contribution in [0.25, 0.3) is 22.2 Å². The van der Waals surface area contributed by atoms with Gasteiger partial charge >= 0.3 is 5.97 Å². The molecule has 0 radical (unpaired) electrons. The van der Waals surface area contributed by atoms with Crippen molar-refractivity contribution >= 4 is 22.8 Å². The molecule has 3 N–H and O–H groups in total. The summed E-state index contributed by atoms with van der Waals surface area (Å²) in [6.45, 7) is 3.04. The first kappa shape index (κ1) is 30.1. The van der Waals surface area contributed by atoms with Gasteiger partial charge in [0, 0.05) is 49.9 Å². The number of nitrogens with two attached hydrogens (primary N) is 1. The third-order valence-electron chi connectivity index (χ3n) is 5.93. The van der Waals surface area contributed by atoms with Crippen molar-refractivity contribution in [1.29, 1.82) is 0 Å². The summed E-state index contributed by atoms with van der Waals surface area (Å²) in [6, 6.07) is 7.46. The van der Waals surface area contributed by atoms with Crippen LogP contribution >= 0.6 is 0 Å². The quantitative estimate of drug-likeness (QED) is 0.314. The first-order valence-corrected chi connectivity index (χ1v) is 12.2. The molecule has 212 valence electrons. The van der Waals surface area contributed by atoms with Gasteiger partial charge in [-0.2, -0.15) is 0 Å². The Balaban J connectivity index is 0.000000252.